The Hall–Kier alpha value is -2.12. The number of amides is 1. The van der Waals surface area contributed by atoms with Crippen LogP contribution in [0.15, 0.2) is 57.1 Å². The summed E-state index contributed by atoms with van der Waals surface area (Å²) in [5, 5.41) is 9.06. The van der Waals surface area contributed by atoms with E-state index in [4.69, 9.17) is 4.42 Å². The van der Waals surface area contributed by atoms with Gasteiger partial charge in [0, 0.05) is 26.9 Å². The molecule has 112 valence electrons. The van der Waals surface area contributed by atoms with Gasteiger partial charge in [0.1, 0.15) is 11.6 Å². The van der Waals surface area contributed by atoms with Crippen LogP contribution in [0.5, 0.6) is 0 Å². The van der Waals surface area contributed by atoms with Crippen molar-refractivity contribution in [1.82, 2.24) is 9.78 Å². The van der Waals surface area contributed by atoms with Gasteiger partial charge in [-0.1, -0.05) is 0 Å². The predicted octanol–water partition coefficient (Wildman–Crippen LogP) is 4.00. The molecule has 0 aliphatic rings. The van der Waals surface area contributed by atoms with Crippen molar-refractivity contribution in [3.8, 4) is 0 Å². The molecule has 22 heavy (non-hydrogen) atoms. The fourth-order valence-electron chi connectivity index (χ4n) is 1.86. The third-order valence-electron chi connectivity index (χ3n) is 2.84. The third-order valence-corrected chi connectivity index (χ3v) is 4.52. The third kappa shape index (κ3) is 3.75. The zero-order chi connectivity index (χ0) is 15.4. The molecular formula is C15H12BrN3O2S. The van der Waals surface area contributed by atoms with Crippen molar-refractivity contribution in [2.45, 2.75) is 6.54 Å². The molecule has 5 nitrogen and oxygen atoms in total. The molecule has 3 aromatic rings. The molecule has 0 saturated carbocycles. The molecule has 3 rings (SSSR count). The molecule has 0 spiro atoms. The van der Waals surface area contributed by atoms with E-state index in [0.717, 1.165) is 9.35 Å². The highest BCUT2D eigenvalue weighted by atomic mass is 79.9. The number of carbonyl (C=O) groups is 1. The molecule has 0 saturated heterocycles. The van der Waals surface area contributed by atoms with Gasteiger partial charge in [0.15, 0.2) is 0 Å². The molecule has 0 unspecified atom stereocenters. The largest absolute Gasteiger partial charge is 0.465 e. The van der Waals surface area contributed by atoms with Crippen LogP contribution in [0.2, 0.25) is 0 Å². The van der Waals surface area contributed by atoms with Crippen LogP contribution in [0.4, 0.5) is 5.82 Å². The first kappa shape index (κ1) is 14.8. The minimum Gasteiger partial charge on any atom is -0.465 e. The maximum atomic E-state index is 11.9. The SMILES string of the molecule is O=C(/C=C/c1ccco1)Nc1ccnn1Cc1cc(Br)cs1. The van der Waals surface area contributed by atoms with E-state index < -0.39 is 0 Å². The van der Waals surface area contributed by atoms with Crippen molar-refractivity contribution in [2.75, 3.05) is 5.32 Å². The van der Waals surface area contributed by atoms with Gasteiger partial charge in [-0.3, -0.25) is 4.79 Å². The number of thiophene rings is 1. The average molecular weight is 378 g/mol. The summed E-state index contributed by atoms with van der Waals surface area (Å²) in [5.74, 6) is 1.05. The number of halogens is 1. The standard InChI is InChI=1S/C15H12BrN3O2S/c16-11-8-13(22-10-11)9-19-14(5-6-17-19)18-15(20)4-3-12-2-1-7-21-12/h1-8,10H,9H2,(H,18,20)/b4-3+. The molecule has 0 bridgehead atoms. The van der Waals surface area contributed by atoms with Crippen molar-refractivity contribution < 1.29 is 9.21 Å². The topological polar surface area (TPSA) is 60.1 Å². The lowest BCUT2D eigenvalue weighted by Crippen LogP contribution is -2.13. The minimum absolute atomic E-state index is 0.231. The average Bonchev–Trinajstić information content (AvgIpc) is 3.21. The Labute approximate surface area is 139 Å². The van der Waals surface area contributed by atoms with Crippen molar-refractivity contribution >= 4 is 45.1 Å². The Morgan fingerprint density at radius 2 is 2.41 bits per heavy atom. The van der Waals surface area contributed by atoms with E-state index in [-0.39, 0.29) is 5.91 Å². The Bertz CT molecular complexity index is 789. The maximum Gasteiger partial charge on any atom is 0.249 e. The van der Waals surface area contributed by atoms with Crippen LogP contribution >= 0.6 is 27.3 Å². The van der Waals surface area contributed by atoms with Gasteiger partial charge in [0.25, 0.3) is 0 Å². The molecule has 0 radical (unpaired) electrons. The number of furan rings is 1. The van der Waals surface area contributed by atoms with E-state index in [9.17, 15) is 4.79 Å². The van der Waals surface area contributed by atoms with Crippen LogP contribution in [0.1, 0.15) is 10.6 Å². The second-order valence-electron chi connectivity index (χ2n) is 4.44. The van der Waals surface area contributed by atoms with Crippen molar-refractivity contribution in [3.63, 3.8) is 0 Å². The Balaban J connectivity index is 1.65. The number of anilines is 1. The van der Waals surface area contributed by atoms with E-state index >= 15 is 0 Å². The molecule has 0 aliphatic heterocycles. The van der Waals surface area contributed by atoms with Crippen LogP contribution in [-0.2, 0) is 11.3 Å². The second-order valence-corrected chi connectivity index (χ2v) is 6.35. The number of hydrogen-bond donors (Lipinski definition) is 1. The summed E-state index contributed by atoms with van der Waals surface area (Å²) in [6, 6.07) is 7.35. The molecule has 0 atom stereocenters. The van der Waals surface area contributed by atoms with E-state index in [1.54, 1.807) is 52.8 Å². The summed E-state index contributed by atoms with van der Waals surface area (Å²) in [5.41, 5.74) is 0. The summed E-state index contributed by atoms with van der Waals surface area (Å²) < 4.78 is 7.93. The van der Waals surface area contributed by atoms with Gasteiger partial charge >= 0.3 is 0 Å². The Kier molecular flexibility index (Phi) is 4.55. The van der Waals surface area contributed by atoms with Crippen molar-refractivity contribution in [1.29, 1.82) is 0 Å². The first-order valence-electron chi connectivity index (χ1n) is 6.48. The highest BCUT2D eigenvalue weighted by molar-refractivity contribution is 9.10. The van der Waals surface area contributed by atoms with Crippen molar-refractivity contribution in [3.05, 3.63) is 63.3 Å². The fraction of sp³-hybridized carbons (Fsp3) is 0.0667. The smallest absolute Gasteiger partial charge is 0.249 e. The lowest BCUT2D eigenvalue weighted by molar-refractivity contribution is -0.111. The fourth-order valence-corrected chi connectivity index (χ4v) is 3.29. The molecule has 3 heterocycles. The molecule has 1 amide bonds. The van der Waals surface area contributed by atoms with Crippen LogP contribution in [0.25, 0.3) is 6.08 Å². The number of carbonyl (C=O) groups excluding carboxylic acids is 1. The number of nitrogens with one attached hydrogen (secondary N) is 1. The monoisotopic (exact) mass is 377 g/mol. The van der Waals surface area contributed by atoms with E-state index in [1.807, 2.05) is 11.4 Å². The molecule has 3 aromatic heterocycles. The van der Waals surface area contributed by atoms with Gasteiger partial charge in [0.2, 0.25) is 5.91 Å². The minimum atomic E-state index is -0.231. The second kappa shape index (κ2) is 6.76. The highest BCUT2D eigenvalue weighted by Crippen LogP contribution is 2.21. The van der Waals surface area contributed by atoms with Gasteiger partial charge < -0.3 is 9.73 Å². The summed E-state index contributed by atoms with van der Waals surface area (Å²) in [6.45, 7) is 0.612. The van der Waals surface area contributed by atoms with E-state index in [1.165, 1.54) is 6.08 Å². The molecular weight excluding hydrogens is 366 g/mol. The molecule has 0 aromatic carbocycles. The molecule has 0 aliphatic carbocycles. The first-order chi connectivity index (χ1) is 10.7. The van der Waals surface area contributed by atoms with Gasteiger partial charge in [-0.05, 0) is 40.2 Å². The van der Waals surface area contributed by atoms with Gasteiger partial charge in [-0.25, -0.2) is 4.68 Å². The van der Waals surface area contributed by atoms with Gasteiger partial charge in [-0.15, -0.1) is 11.3 Å². The van der Waals surface area contributed by atoms with E-state index in [2.05, 4.69) is 26.3 Å². The number of rotatable bonds is 5. The lowest BCUT2D eigenvalue weighted by Gasteiger charge is -2.06. The van der Waals surface area contributed by atoms with Crippen LogP contribution < -0.4 is 5.32 Å². The number of nitrogens with zero attached hydrogens (tertiary/aromatic N) is 2. The quantitative estimate of drug-likeness (QED) is 0.683. The van der Waals surface area contributed by atoms with Gasteiger partial charge in [0.05, 0.1) is 19.0 Å². The zero-order valence-corrected chi connectivity index (χ0v) is 13.8. The maximum absolute atomic E-state index is 11.9. The number of hydrogen-bond acceptors (Lipinski definition) is 4. The van der Waals surface area contributed by atoms with Crippen LogP contribution in [0.3, 0.4) is 0 Å². The summed E-state index contributed by atoms with van der Waals surface area (Å²) in [7, 11) is 0. The van der Waals surface area contributed by atoms with Crippen LogP contribution in [0, 0.1) is 0 Å². The highest BCUT2D eigenvalue weighted by Gasteiger charge is 2.07. The normalized spacial score (nSPS) is 11.1. The summed E-state index contributed by atoms with van der Waals surface area (Å²) >= 11 is 5.06. The predicted molar refractivity (Wildman–Crippen MR) is 89.7 cm³/mol. The Morgan fingerprint density at radius 1 is 1.50 bits per heavy atom. The van der Waals surface area contributed by atoms with E-state index in [0.29, 0.717) is 18.1 Å². The van der Waals surface area contributed by atoms with Gasteiger partial charge in [-0.2, -0.15) is 5.10 Å². The molecule has 0 fully saturated rings. The molecule has 1 N–H and O–H groups in total. The zero-order valence-electron chi connectivity index (χ0n) is 11.4. The number of aromatic nitrogens is 2. The van der Waals surface area contributed by atoms with Crippen LogP contribution in [-0.4, -0.2) is 15.7 Å². The first-order valence-corrected chi connectivity index (χ1v) is 8.15. The summed E-state index contributed by atoms with van der Waals surface area (Å²) in [4.78, 5) is 13.1. The van der Waals surface area contributed by atoms with Crippen molar-refractivity contribution in [2.24, 2.45) is 0 Å². The molecule has 7 heteroatoms. The Morgan fingerprint density at radius 3 is 3.14 bits per heavy atom. The summed E-state index contributed by atoms with van der Waals surface area (Å²) in [6.07, 6.45) is 6.27. The lowest BCUT2D eigenvalue weighted by atomic mass is 10.4.